The molecule has 80 valence electrons. The monoisotopic (exact) mass is 231 g/mol. The minimum atomic E-state index is 0.622. The van der Waals surface area contributed by atoms with Crippen LogP contribution in [0.3, 0.4) is 0 Å². The summed E-state index contributed by atoms with van der Waals surface area (Å²) in [5, 5.41) is 9.10. The standard InChI is InChI=1S/C12H10ClN3/c1-2-3-8-16-14-9-12(15-16)10-6-4-5-7-11(10)13/h1,4-7,9H,3,8H2. The van der Waals surface area contributed by atoms with Crippen LogP contribution in [0.1, 0.15) is 6.42 Å². The van der Waals surface area contributed by atoms with Gasteiger partial charge in [-0.15, -0.1) is 12.3 Å². The molecule has 16 heavy (non-hydrogen) atoms. The predicted molar refractivity (Wildman–Crippen MR) is 63.9 cm³/mol. The van der Waals surface area contributed by atoms with Gasteiger partial charge in [-0.05, 0) is 6.07 Å². The topological polar surface area (TPSA) is 30.7 Å². The molecule has 0 aliphatic rings. The maximum Gasteiger partial charge on any atom is 0.114 e. The van der Waals surface area contributed by atoms with Crippen LogP contribution in [0.4, 0.5) is 0 Å². The van der Waals surface area contributed by atoms with Crippen molar-refractivity contribution in [3.63, 3.8) is 0 Å². The van der Waals surface area contributed by atoms with Gasteiger partial charge in [-0.3, -0.25) is 0 Å². The highest BCUT2D eigenvalue weighted by Crippen LogP contribution is 2.24. The molecule has 0 aliphatic heterocycles. The zero-order valence-electron chi connectivity index (χ0n) is 8.60. The molecular weight excluding hydrogens is 222 g/mol. The summed E-state index contributed by atoms with van der Waals surface area (Å²) in [4.78, 5) is 1.58. The van der Waals surface area contributed by atoms with Crippen LogP contribution < -0.4 is 0 Å². The summed E-state index contributed by atoms with van der Waals surface area (Å²) < 4.78 is 0. The van der Waals surface area contributed by atoms with Gasteiger partial charge in [0.2, 0.25) is 0 Å². The van der Waals surface area contributed by atoms with E-state index in [-0.39, 0.29) is 0 Å². The first-order chi connectivity index (χ1) is 7.81. The quantitative estimate of drug-likeness (QED) is 0.761. The molecule has 0 amide bonds. The van der Waals surface area contributed by atoms with Gasteiger partial charge < -0.3 is 0 Å². The Morgan fingerprint density at radius 3 is 2.94 bits per heavy atom. The maximum absolute atomic E-state index is 6.06. The molecule has 1 aromatic heterocycles. The average molecular weight is 232 g/mol. The van der Waals surface area contributed by atoms with E-state index in [1.54, 1.807) is 11.0 Å². The van der Waals surface area contributed by atoms with Crippen molar-refractivity contribution in [2.75, 3.05) is 0 Å². The van der Waals surface area contributed by atoms with Gasteiger partial charge in [0.05, 0.1) is 17.8 Å². The van der Waals surface area contributed by atoms with Gasteiger partial charge >= 0.3 is 0 Å². The van der Waals surface area contributed by atoms with Crippen molar-refractivity contribution in [1.29, 1.82) is 0 Å². The van der Waals surface area contributed by atoms with Gasteiger partial charge in [-0.1, -0.05) is 29.8 Å². The molecule has 0 bridgehead atoms. The molecule has 0 spiro atoms. The van der Waals surface area contributed by atoms with Gasteiger partial charge in [0.25, 0.3) is 0 Å². The van der Waals surface area contributed by atoms with E-state index in [1.807, 2.05) is 24.3 Å². The SMILES string of the molecule is C#CCCn1ncc(-c2ccccc2Cl)n1. The Labute approximate surface area is 99.0 Å². The summed E-state index contributed by atoms with van der Waals surface area (Å²) in [6.07, 6.45) is 7.49. The van der Waals surface area contributed by atoms with Gasteiger partial charge in [-0.25, -0.2) is 0 Å². The number of hydrogen-bond donors (Lipinski definition) is 0. The Morgan fingerprint density at radius 1 is 1.38 bits per heavy atom. The van der Waals surface area contributed by atoms with Crippen molar-refractivity contribution in [1.82, 2.24) is 15.0 Å². The van der Waals surface area contributed by atoms with Gasteiger partial charge in [0, 0.05) is 12.0 Å². The summed E-state index contributed by atoms with van der Waals surface area (Å²) in [5.41, 5.74) is 1.65. The van der Waals surface area contributed by atoms with Crippen LogP contribution in [-0.4, -0.2) is 15.0 Å². The normalized spacial score (nSPS) is 10.0. The number of benzene rings is 1. The molecule has 0 atom stereocenters. The first-order valence-corrected chi connectivity index (χ1v) is 5.27. The van der Waals surface area contributed by atoms with E-state index < -0.39 is 0 Å². The lowest BCUT2D eigenvalue weighted by atomic mass is 10.2. The second-order valence-electron chi connectivity index (χ2n) is 3.26. The van der Waals surface area contributed by atoms with Crippen molar-refractivity contribution in [3.05, 3.63) is 35.5 Å². The lowest BCUT2D eigenvalue weighted by molar-refractivity contribution is 0.549. The highest BCUT2D eigenvalue weighted by Gasteiger charge is 2.06. The fourth-order valence-electron chi connectivity index (χ4n) is 1.36. The van der Waals surface area contributed by atoms with E-state index in [2.05, 4.69) is 16.1 Å². The molecule has 3 nitrogen and oxygen atoms in total. The maximum atomic E-state index is 6.06. The Morgan fingerprint density at radius 2 is 2.19 bits per heavy atom. The van der Waals surface area contributed by atoms with E-state index in [0.717, 1.165) is 11.3 Å². The third-order valence-corrected chi connectivity index (χ3v) is 2.47. The molecule has 2 aromatic rings. The van der Waals surface area contributed by atoms with E-state index in [9.17, 15) is 0 Å². The van der Waals surface area contributed by atoms with Crippen LogP contribution in [0.15, 0.2) is 30.5 Å². The third-order valence-electron chi connectivity index (χ3n) is 2.14. The third kappa shape index (κ3) is 2.23. The molecule has 4 heteroatoms. The van der Waals surface area contributed by atoms with Crippen LogP contribution in [0.25, 0.3) is 11.3 Å². The molecule has 0 N–H and O–H groups in total. The lowest BCUT2D eigenvalue weighted by Gasteiger charge is -1.98. The Balaban J connectivity index is 2.26. The molecule has 0 fully saturated rings. The van der Waals surface area contributed by atoms with Crippen molar-refractivity contribution >= 4 is 11.6 Å². The second kappa shape index (κ2) is 4.82. The summed E-state index contributed by atoms with van der Waals surface area (Å²) in [7, 11) is 0. The minimum absolute atomic E-state index is 0.622. The first kappa shape index (κ1) is 10.7. The molecule has 1 aromatic carbocycles. The second-order valence-corrected chi connectivity index (χ2v) is 3.67. The smallest absolute Gasteiger partial charge is 0.114 e. The van der Waals surface area contributed by atoms with Crippen molar-refractivity contribution in [2.24, 2.45) is 0 Å². The zero-order valence-corrected chi connectivity index (χ0v) is 9.35. The van der Waals surface area contributed by atoms with E-state index in [0.29, 0.717) is 18.0 Å². The highest BCUT2D eigenvalue weighted by atomic mass is 35.5. The molecule has 0 aliphatic carbocycles. The van der Waals surface area contributed by atoms with Crippen LogP contribution in [0, 0.1) is 12.3 Å². The highest BCUT2D eigenvalue weighted by molar-refractivity contribution is 6.33. The van der Waals surface area contributed by atoms with Crippen molar-refractivity contribution < 1.29 is 0 Å². The first-order valence-electron chi connectivity index (χ1n) is 4.90. The van der Waals surface area contributed by atoms with E-state index in [4.69, 9.17) is 18.0 Å². The predicted octanol–water partition coefficient (Wildman–Crippen LogP) is 2.62. The van der Waals surface area contributed by atoms with Gasteiger partial charge in [0.15, 0.2) is 0 Å². The van der Waals surface area contributed by atoms with Crippen molar-refractivity contribution in [2.45, 2.75) is 13.0 Å². The molecule has 0 saturated heterocycles. The van der Waals surface area contributed by atoms with E-state index >= 15 is 0 Å². The molecule has 0 unspecified atom stereocenters. The summed E-state index contributed by atoms with van der Waals surface area (Å²) in [5.74, 6) is 2.55. The Kier molecular flexibility index (Phi) is 3.23. The summed E-state index contributed by atoms with van der Waals surface area (Å²) >= 11 is 6.06. The summed E-state index contributed by atoms with van der Waals surface area (Å²) in [6, 6.07) is 7.55. The lowest BCUT2D eigenvalue weighted by Crippen LogP contribution is -2.01. The molecule has 2 rings (SSSR count). The number of nitrogens with zero attached hydrogens (tertiary/aromatic N) is 3. The molecular formula is C12H10ClN3. The number of hydrogen-bond acceptors (Lipinski definition) is 2. The minimum Gasteiger partial charge on any atom is -0.183 e. The number of rotatable bonds is 3. The summed E-state index contributed by atoms with van der Waals surface area (Å²) in [6.45, 7) is 0.626. The van der Waals surface area contributed by atoms with Crippen LogP contribution in [0.5, 0.6) is 0 Å². The fraction of sp³-hybridized carbons (Fsp3) is 0.167. The van der Waals surface area contributed by atoms with E-state index in [1.165, 1.54) is 0 Å². The average Bonchev–Trinajstić information content (AvgIpc) is 2.75. The van der Waals surface area contributed by atoms with Gasteiger partial charge in [-0.2, -0.15) is 15.0 Å². The Hall–Kier alpha value is -1.79. The largest absolute Gasteiger partial charge is 0.183 e. The van der Waals surface area contributed by atoms with Crippen LogP contribution >= 0.6 is 11.6 Å². The van der Waals surface area contributed by atoms with Crippen molar-refractivity contribution in [3.8, 4) is 23.6 Å². The Bertz CT molecular complexity index is 525. The number of terminal acetylenes is 1. The number of aromatic nitrogens is 3. The van der Waals surface area contributed by atoms with Crippen LogP contribution in [0.2, 0.25) is 5.02 Å². The zero-order chi connectivity index (χ0) is 11.4. The van der Waals surface area contributed by atoms with Gasteiger partial charge in [0.1, 0.15) is 5.69 Å². The van der Waals surface area contributed by atoms with Crippen LogP contribution in [-0.2, 0) is 6.54 Å². The molecule has 0 radical (unpaired) electrons. The number of halogens is 1. The molecule has 0 saturated carbocycles. The number of aryl methyl sites for hydroxylation is 1. The molecule has 1 heterocycles. The fourth-order valence-corrected chi connectivity index (χ4v) is 1.59.